The normalized spacial score (nSPS) is 26.5. The summed E-state index contributed by atoms with van der Waals surface area (Å²) in [5.74, 6) is 1.60. The molecule has 0 aromatic heterocycles. The van der Waals surface area contributed by atoms with Gasteiger partial charge >= 0.3 is 0 Å². The Morgan fingerprint density at radius 1 is 1.33 bits per heavy atom. The standard InChI is InChI=1S/C18H34BNO/c1-7-8-15-16(18(6,10-11-19)13(2)3)9-12-20(14(4)5)17(15)21/h13-16H,7-12H2,1-6H3. The highest BCUT2D eigenvalue weighted by Gasteiger charge is 2.46. The summed E-state index contributed by atoms with van der Waals surface area (Å²) in [4.78, 5) is 15.0. The monoisotopic (exact) mass is 291 g/mol. The molecule has 1 heterocycles. The summed E-state index contributed by atoms with van der Waals surface area (Å²) in [6.45, 7) is 14.3. The van der Waals surface area contributed by atoms with Crippen molar-refractivity contribution in [3.63, 3.8) is 0 Å². The van der Waals surface area contributed by atoms with Gasteiger partial charge in [-0.15, -0.1) is 0 Å². The molecule has 120 valence electrons. The van der Waals surface area contributed by atoms with Crippen molar-refractivity contribution in [2.75, 3.05) is 6.54 Å². The SMILES string of the molecule is [B]CCC(C)(C(C)C)C1CCN(C(C)C)C(=O)C1CCC. The van der Waals surface area contributed by atoms with E-state index < -0.39 is 0 Å². The van der Waals surface area contributed by atoms with Crippen LogP contribution >= 0.6 is 0 Å². The Bertz CT molecular complexity index is 342. The van der Waals surface area contributed by atoms with E-state index >= 15 is 0 Å². The van der Waals surface area contributed by atoms with Gasteiger partial charge in [0, 0.05) is 18.5 Å². The zero-order valence-electron chi connectivity index (χ0n) is 15.0. The minimum absolute atomic E-state index is 0.174. The third-order valence-electron chi connectivity index (χ3n) is 5.84. The molecule has 3 heteroatoms. The summed E-state index contributed by atoms with van der Waals surface area (Å²) in [5.41, 5.74) is 0.174. The molecule has 0 N–H and O–H groups in total. The molecule has 1 aliphatic heterocycles. The van der Waals surface area contributed by atoms with Crippen LogP contribution in [0.25, 0.3) is 0 Å². The number of piperidine rings is 1. The molecule has 1 amide bonds. The largest absolute Gasteiger partial charge is 0.340 e. The fraction of sp³-hybridized carbons (Fsp3) is 0.944. The van der Waals surface area contributed by atoms with Crippen molar-refractivity contribution in [2.24, 2.45) is 23.2 Å². The molecule has 3 atom stereocenters. The topological polar surface area (TPSA) is 20.3 Å². The minimum Gasteiger partial charge on any atom is -0.340 e. The van der Waals surface area contributed by atoms with Crippen molar-refractivity contribution in [2.45, 2.75) is 79.6 Å². The summed E-state index contributed by atoms with van der Waals surface area (Å²) in [6, 6.07) is 0.317. The molecule has 0 aliphatic carbocycles. The first kappa shape index (κ1) is 18.6. The number of hydrogen-bond acceptors (Lipinski definition) is 1. The maximum atomic E-state index is 12.9. The third-order valence-corrected chi connectivity index (χ3v) is 5.84. The lowest BCUT2D eigenvalue weighted by Gasteiger charge is -2.50. The quantitative estimate of drug-likeness (QED) is 0.640. The summed E-state index contributed by atoms with van der Waals surface area (Å²) >= 11 is 0. The number of likely N-dealkylation sites (tertiary alicyclic amines) is 1. The molecule has 3 unspecified atom stereocenters. The van der Waals surface area contributed by atoms with E-state index in [0.717, 1.165) is 32.2 Å². The Balaban J connectivity index is 3.07. The number of carbonyl (C=O) groups excluding carboxylic acids is 1. The van der Waals surface area contributed by atoms with Gasteiger partial charge in [-0.3, -0.25) is 4.79 Å². The molecule has 2 nitrogen and oxygen atoms in total. The first-order valence-electron chi connectivity index (χ1n) is 8.80. The average Bonchev–Trinajstić information content (AvgIpc) is 2.40. The average molecular weight is 291 g/mol. The Morgan fingerprint density at radius 3 is 2.38 bits per heavy atom. The Kier molecular flexibility index (Phi) is 6.81. The fourth-order valence-electron chi connectivity index (χ4n) is 4.13. The van der Waals surface area contributed by atoms with E-state index in [4.69, 9.17) is 7.85 Å². The van der Waals surface area contributed by atoms with Crippen LogP contribution in [-0.4, -0.2) is 31.2 Å². The van der Waals surface area contributed by atoms with Crippen LogP contribution in [0.1, 0.15) is 67.2 Å². The van der Waals surface area contributed by atoms with Crippen LogP contribution in [0, 0.1) is 23.2 Å². The van der Waals surface area contributed by atoms with E-state index in [2.05, 4.69) is 46.4 Å². The number of hydrogen-bond donors (Lipinski definition) is 0. The van der Waals surface area contributed by atoms with Crippen LogP contribution in [0.15, 0.2) is 0 Å². The van der Waals surface area contributed by atoms with Gasteiger partial charge in [-0.1, -0.05) is 46.9 Å². The highest BCUT2D eigenvalue weighted by atomic mass is 16.2. The molecule has 2 radical (unpaired) electrons. The number of rotatable bonds is 7. The lowest BCUT2D eigenvalue weighted by atomic mass is 9.58. The second-order valence-electron chi connectivity index (χ2n) is 7.61. The van der Waals surface area contributed by atoms with Crippen molar-refractivity contribution in [1.82, 2.24) is 4.90 Å². The summed E-state index contributed by atoms with van der Waals surface area (Å²) in [7, 11) is 5.89. The van der Waals surface area contributed by atoms with Gasteiger partial charge in [0.1, 0.15) is 0 Å². The molecule has 0 aromatic carbocycles. The Labute approximate surface area is 133 Å². The highest BCUT2D eigenvalue weighted by molar-refractivity contribution is 6.08. The van der Waals surface area contributed by atoms with E-state index in [0.29, 0.717) is 30.1 Å². The van der Waals surface area contributed by atoms with Gasteiger partial charge in [0.25, 0.3) is 0 Å². The van der Waals surface area contributed by atoms with Gasteiger partial charge in [0.15, 0.2) is 0 Å². The lowest BCUT2D eigenvalue weighted by molar-refractivity contribution is -0.148. The predicted molar refractivity (Wildman–Crippen MR) is 91.5 cm³/mol. The maximum absolute atomic E-state index is 12.9. The van der Waals surface area contributed by atoms with Crippen molar-refractivity contribution in [1.29, 1.82) is 0 Å². The molecule has 1 aliphatic rings. The van der Waals surface area contributed by atoms with Crippen LogP contribution in [0.3, 0.4) is 0 Å². The van der Waals surface area contributed by atoms with Gasteiger partial charge in [-0.25, -0.2) is 0 Å². The smallest absolute Gasteiger partial charge is 0.226 e. The van der Waals surface area contributed by atoms with E-state index in [9.17, 15) is 4.79 Å². The van der Waals surface area contributed by atoms with Crippen LogP contribution in [-0.2, 0) is 4.79 Å². The molecule has 1 fully saturated rings. The van der Waals surface area contributed by atoms with Gasteiger partial charge in [0.2, 0.25) is 5.91 Å². The first-order chi connectivity index (χ1) is 9.79. The lowest BCUT2D eigenvalue weighted by Crippen LogP contribution is -2.53. The molecule has 0 spiro atoms. The Morgan fingerprint density at radius 2 is 1.95 bits per heavy atom. The molecule has 0 aromatic rings. The van der Waals surface area contributed by atoms with Gasteiger partial charge in [0.05, 0.1) is 7.85 Å². The minimum atomic E-state index is 0.174. The highest BCUT2D eigenvalue weighted by Crippen LogP contribution is 2.48. The molecule has 1 saturated heterocycles. The second kappa shape index (κ2) is 7.69. The van der Waals surface area contributed by atoms with Gasteiger partial charge in [-0.05, 0) is 43.9 Å². The third kappa shape index (κ3) is 3.84. The van der Waals surface area contributed by atoms with Crippen LogP contribution in [0.2, 0.25) is 6.32 Å². The van der Waals surface area contributed by atoms with Gasteiger partial charge in [-0.2, -0.15) is 0 Å². The van der Waals surface area contributed by atoms with Crippen molar-refractivity contribution >= 4 is 13.8 Å². The van der Waals surface area contributed by atoms with Crippen LogP contribution < -0.4 is 0 Å². The van der Waals surface area contributed by atoms with Crippen LogP contribution in [0.4, 0.5) is 0 Å². The number of carbonyl (C=O) groups is 1. The van der Waals surface area contributed by atoms with Gasteiger partial charge < -0.3 is 4.90 Å². The van der Waals surface area contributed by atoms with E-state index in [-0.39, 0.29) is 11.3 Å². The predicted octanol–water partition coefficient (Wildman–Crippen LogP) is 4.30. The van der Waals surface area contributed by atoms with Crippen molar-refractivity contribution in [3.05, 3.63) is 0 Å². The molecule has 0 bridgehead atoms. The molecule has 0 saturated carbocycles. The van der Waals surface area contributed by atoms with E-state index in [1.54, 1.807) is 0 Å². The molecular weight excluding hydrogens is 257 g/mol. The zero-order chi connectivity index (χ0) is 16.2. The zero-order valence-corrected chi connectivity index (χ0v) is 15.0. The maximum Gasteiger partial charge on any atom is 0.226 e. The van der Waals surface area contributed by atoms with E-state index in [1.807, 2.05) is 0 Å². The first-order valence-corrected chi connectivity index (χ1v) is 8.80. The fourth-order valence-corrected chi connectivity index (χ4v) is 4.13. The Hall–Kier alpha value is -0.465. The summed E-state index contributed by atoms with van der Waals surface area (Å²) in [5, 5.41) is 0. The second-order valence-corrected chi connectivity index (χ2v) is 7.61. The number of amides is 1. The summed E-state index contributed by atoms with van der Waals surface area (Å²) in [6.07, 6.45) is 4.95. The number of nitrogens with zero attached hydrogens (tertiary/aromatic N) is 1. The molecular formula is C18H34BNO. The van der Waals surface area contributed by atoms with Crippen molar-refractivity contribution in [3.8, 4) is 0 Å². The molecule has 21 heavy (non-hydrogen) atoms. The van der Waals surface area contributed by atoms with Crippen molar-refractivity contribution < 1.29 is 4.79 Å². The molecule has 1 rings (SSSR count). The van der Waals surface area contributed by atoms with E-state index in [1.165, 1.54) is 0 Å². The summed E-state index contributed by atoms with van der Waals surface area (Å²) < 4.78 is 0. The van der Waals surface area contributed by atoms with Crippen LogP contribution in [0.5, 0.6) is 0 Å².